The van der Waals surface area contributed by atoms with Crippen molar-refractivity contribution in [3.05, 3.63) is 41.2 Å². The maximum absolute atomic E-state index is 12.9. The fraction of sp³-hybridized carbons (Fsp3) is 0.273. The molecule has 1 aromatic rings. The minimum atomic E-state index is -0.792. The van der Waals surface area contributed by atoms with Gasteiger partial charge in [0.25, 0.3) is 0 Å². The molecule has 0 radical (unpaired) electrons. The van der Waals surface area contributed by atoms with Gasteiger partial charge in [-0.25, -0.2) is 4.39 Å². The predicted molar refractivity (Wildman–Crippen MR) is 57.5 cm³/mol. The number of benzene rings is 1. The standard InChI is InChI=1S/C11H12ClFO2/c1-7(12)6-15-11-4-3-9(13)5-10(11)8(2)14/h3-5,8,14H,1,6H2,2H3/t8-/m0/s1. The lowest BCUT2D eigenvalue weighted by Crippen LogP contribution is -2.02. The number of aliphatic hydroxyl groups excluding tert-OH is 1. The average molecular weight is 231 g/mol. The molecule has 1 rings (SSSR count). The molecule has 0 saturated heterocycles. The molecule has 0 unspecified atom stereocenters. The summed E-state index contributed by atoms with van der Waals surface area (Å²) in [5, 5.41) is 9.74. The van der Waals surface area contributed by atoms with Crippen molar-refractivity contribution in [2.75, 3.05) is 6.61 Å². The van der Waals surface area contributed by atoms with Crippen molar-refractivity contribution in [2.24, 2.45) is 0 Å². The van der Waals surface area contributed by atoms with E-state index in [0.29, 0.717) is 16.3 Å². The molecule has 0 aliphatic carbocycles. The van der Waals surface area contributed by atoms with E-state index in [4.69, 9.17) is 16.3 Å². The normalized spacial score (nSPS) is 12.3. The van der Waals surface area contributed by atoms with Gasteiger partial charge in [-0.05, 0) is 25.1 Å². The number of ether oxygens (including phenoxy) is 1. The fourth-order valence-electron chi connectivity index (χ4n) is 1.13. The van der Waals surface area contributed by atoms with Gasteiger partial charge in [-0.1, -0.05) is 18.2 Å². The zero-order valence-electron chi connectivity index (χ0n) is 8.34. The summed E-state index contributed by atoms with van der Waals surface area (Å²) >= 11 is 5.53. The molecule has 4 heteroatoms. The maximum Gasteiger partial charge on any atom is 0.125 e. The van der Waals surface area contributed by atoms with Gasteiger partial charge in [-0.2, -0.15) is 0 Å². The van der Waals surface area contributed by atoms with Crippen molar-refractivity contribution < 1.29 is 14.2 Å². The zero-order chi connectivity index (χ0) is 11.4. The second-order valence-electron chi connectivity index (χ2n) is 3.16. The Morgan fingerprint density at radius 2 is 2.33 bits per heavy atom. The first-order valence-corrected chi connectivity index (χ1v) is 4.82. The van der Waals surface area contributed by atoms with Gasteiger partial charge in [-0.15, -0.1) is 0 Å². The second-order valence-corrected chi connectivity index (χ2v) is 3.70. The Labute approximate surface area is 92.9 Å². The molecule has 1 aromatic carbocycles. The van der Waals surface area contributed by atoms with Gasteiger partial charge in [0.1, 0.15) is 18.2 Å². The van der Waals surface area contributed by atoms with Crippen molar-refractivity contribution in [3.8, 4) is 5.75 Å². The molecule has 0 aromatic heterocycles. The van der Waals surface area contributed by atoms with Crippen LogP contribution in [0.5, 0.6) is 5.75 Å². The summed E-state index contributed by atoms with van der Waals surface area (Å²) in [6.45, 7) is 5.14. The van der Waals surface area contributed by atoms with Gasteiger partial charge in [0, 0.05) is 10.6 Å². The van der Waals surface area contributed by atoms with Crippen LogP contribution in [0.1, 0.15) is 18.6 Å². The molecule has 0 fully saturated rings. The summed E-state index contributed by atoms with van der Waals surface area (Å²) in [6, 6.07) is 3.95. The third kappa shape index (κ3) is 3.53. The van der Waals surface area contributed by atoms with E-state index in [0.717, 1.165) is 0 Å². The Morgan fingerprint density at radius 3 is 2.87 bits per heavy atom. The minimum absolute atomic E-state index is 0.132. The number of hydrogen-bond acceptors (Lipinski definition) is 2. The average Bonchev–Trinajstić information content (AvgIpc) is 2.15. The van der Waals surface area contributed by atoms with E-state index >= 15 is 0 Å². The van der Waals surface area contributed by atoms with Crippen LogP contribution in [0, 0.1) is 5.82 Å². The number of halogens is 2. The quantitative estimate of drug-likeness (QED) is 0.862. The van der Waals surface area contributed by atoms with Gasteiger partial charge < -0.3 is 9.84 Å². The summed E-state index contributed by atoms with van der Waals surface area (Å²) in [5.74, 6) is -0.00356. The molecule has 1 N–H and O–H groups in total. The van der Waals surface area contributed by atoms with Crippen LogP contribution in [-0.2, 0) is 0 Å². The smallest absolute Gasteiger partial charge is 0.125 e. The molecule has 0 spiro atoms. The van der Waals surface area contributed by atoms with Gasteiger partial charge >= 0.3 is 0 Å². The van der Waals surface area contributed by atoms with Crippen molar-refractivity contribution >= 4 is 11.6 Å². The predicted octanol–water partition coefficient (Wildman–Crippen LogP) is 3.01. The maximum atomic E-state index is 12.9. The largest absolute Gasteiger partial charge is 0.488 e. The van der Waals surface area contributed by atoms with Crippen molar-refractivity contribution in [2.45, 2.75) is 13.0 Å². The lowest BCUT2D eigenvalue weighted by atomic mass is 10.1. The number of aliphatic hydroxyl groups is 1. The molecule has 0 bridgehead atoms. The highest BCUT2D eigenvalue weighted by Gasteiger charge is 2.10. The van der Waals surface area contributed by atoms with Crippen LogP contribution in [0.4, 0.5) is 4.39 Å². The molecule has 0 aliphatic heterocycles. The van der Waals surface area contributed by atoms with Crippen LogP contribution in [0.25, 0.3) is 0 Å². The van der Waals surface area contributed by atoms with Crippen LogP contribution in [0.2, 0.25) is 0 Å². The van der Waals surface area contributed by atoms with E-state index in [1.54, 1.807) is 0 Å². The van der Waals surface area contributed by atoms with Crippen molar-refractivity contribution in [3.63, 3.8) is 0 Å². The Hall–Kier alpha value is -1.06. The van der Waals surface area contributed by atoms with E-state index in [2.05, 4.69) is 6.58 Å². The molecule has 1 atom stereocenters. The summed E-state index contributed by atoms with van der Waals surface area (Å²) in [7, 11) is 0. The molecule has 0 amide bonds. The fourth-order valence-corrected chi connectivity index (χ4v) is 1.19. The SMILES string of the molecule is C=C(Cl)COc1ccc(F)cc1[C@H](C)O. The topological polar surface area (TPSA) is 29.5 Å². The summed E-state index contributed by atoms with van der Waals surface area (Å²) in [6.07, 6.45) is -0.792. The monoisotopic (exact) mass is 230 g/mol. The third-order valence-corrected chi connectivity index (χ3v) is 1.92. The summed E-state index contributed by atoms with van der Waals surface area (Å²) in [5.41, 5.74) is 0.396. The zero-order valence-corrected chi connectivity index (χ0v) is 9.09. The van der Waals surface area contributed by atoms with Crippen LogP contribution in [0.15, 0.2) is 29.8 Å². The Kier molecular flexibility index (Phi) is 4.12. The van der Waals surface area contributed by atoms with Crippen LogP contribution in [0.3, 0.4) is 0 Å². The van der Waals surface area contributed by atoms with Gasteiger partial charge in [0.05, 0.1) is 6.10 Å². The third-order valence-electron chi connectivity index (χ3n) is 1.81. The molecule has 82 valence electrons. The molecular weight excluding hydrogens is 219 g/mol. The first-order chi connectivity index (χ1) is 7.00. The highest BCUT2D eigenvalue weighted by atomic mass is 35.5. The first kappa shape index (κ1) is 12.0. The molecule has 0 aliphatic rings. The van der Waals surface area contributed by atoms with Crippen molar-refractivity contribution in [1.29, 1.82) is 0 Å². The van der Waals surface area contributed by atoms with Crippen molar-refractivity contribution in [1.82, 2.24) is 0 Å². The Bertz CT molecular complexity index is 364. The molecule has 0 saturated carbocycles. The van der Waals surface area contributed by atoms with E-state index in [1.165, 1.54) is 25.1 Å². The van der Waals surface area contributed by atoms with Crippen LogP contribution < -0.4 is 4.74 Å². The van der Waals surface area contributed by atoms with E-state index < -0.39 is 11.9 Å². The van der Waals surface area contributed by atoms with Gasteiger partial charge in [-0.3, -0.25) is 0 Å². The highest BCUT2D eigenvalue weighted by molar-refractivity contribution is 6.29. The first-order valence-electron chi connectivity index (χ1n) is 4.44. The van der Waals surface area contributed by atoms with E-state index in [1.807, 2.05) is 0 Å². The lowest BCUT2D eigenvalue weighted by Gasteiger charge is -2.12. The van der Waals surface area contributed by atoms with E-state index in [-0.39, 0.29) is 6.61 Å². The summed E-state index contributed by atoms with van der Waals surface area (Å²) < 4.78 is 18.2. The Balaban J connectivity index is 2.90. The molecule has 0 heterocycles. The molecule has 15 heavy (non-hydrogen) atoms. The number of rotatable bonds is 4. The second kappa shape index (κ2) is 5.14. The molecule has 2 nitrogen and oxygen atoms in total. The summed E-state index contributed by atoms with van der Waals surface area (Å²) in [4.78, 5) is 0. The van der Waals surface area contributed by atoms with E-state index in [9.17, 15) is 9.50 Å². The number of hydrogen-bond donors (Lipinski definition) is 1. The van der Waals surface area contributed by atoms with Gasteiger partial charge in [0.2, 0.25) is 0 Å². The Morgan fingerprint density at radius 1 is 1.67 bits per heavy atom. The molecular formula is C11H12ClFO2. The van der Waals surface area contributed by atoms with Crippen LogP contribution >= 0.6 is 11.6 Å². The van der Waals surface area contributed by atoms with Crippen LogP contribution in [-0.4, -0.2) is 11.7 Å². The van der Waals surface area contributed by atoms with Gasteiger partial charge in [0.15, 0.2) is 0 Å². The highest BCUT2D eigenvalue weighted by Crippen LogP contribution is 2.26. The minimum Gasteiger partial charge on any atom is -0.488 e. The lowest BCUT2D eigenvalue weighted by molar-refractivity contribution is 0.192.